The van der Waals surface area contributed by atoms with Crippen molar-refractivity contribution in [2.75, 3.05) is 4.72 Å². The second-order valence-corrected chi connectivity index (χ2v) is 6.44. The first-order valence-electron chi connectivity index (χ1n) is 6.57. The molecular weight excluding hydrogens is 300 g/mol. The van der Waals surface area contributed by atoms with Crippen LogP contribution in [-0.4, -0.2) is 23.2 Å². The largest absolute Gasteiger partial charge is 0.274 e. The van der Waals surface area contributed by atoms with E-state index in [1.54, 1.807) is 19.3 Å². The minimum Gasteiger partial charge on any atom is -0.274 e. The van der Waals surface area contributed by atoms with E-state index in [1.807, 2.05) is 36.4 Å². The van der Waals surface area contributed by atoms with Gasteiger partial charge in [0.1, 0.15) is 10.7 Å². The van der Waals surface area contributed by atoms with Crippen molar-refractivity contribution in [1.82, 2.24) is 14.8 Å². The molecule has 0 bridgehead atoms. The van der Waals surface area contributed by atoms with Crippen LogP contribution in [0.4, 0.5) is 5.82 Å². The standard InChI is InChI=1S/C15H14N4O2S/c1-19-11-14(10-17-19)22(20,21)18-15-8-7-13(9-16-15)12-5-3-2-4-6-12/h2-11H,1H3,(H,16,18). The van der Waals surface area contributed by atoms with E-state index in [9.17, 15) is 8.42 Å². The van der Waals surface area contributed by atoms with Crippen LogP contribution in [0.1, 0.15) is 0 Å². The Morgan fingerprint density at radius 3 is 2.36 bits per heavy atom. The normalized spacial score (nSPS) is 11.3. The lowest BCUT2D eigenvalue weighted by atomic mass is 10.1. The average Bonchev–Trinajstić information content (AvgIpc) is 2.96. The minimum atomic E-state index is -3.67. The van der Waals surface area contributed by atoms with Crippen molar-refractivity contribution in [3.05, 3.63) is 61.1 Å². The van der Waals surface area contributed by atoms with E-state index in [2.05, 4.69) is 14.8 Å². The highest BCUT2D eigenvalue weighted by Gasteiger charge is 2.16. The summed E-state index contributed by atoms with van der Waals surface area (Å²) in [6.45, 7) is 0. The molecule has 0 aliphatic rings. The molecule has 3 aromatic rings. The topological polar surface area (TPSA) is 76.9 Å². The van der Waals surface area contributed by atoms with Crippen molar-refractivity contribution in [2.24, 2.45) is 7.05 Å². The van der Waals surface area contributed by atoms with Crippen molar-refractivity contribution in [3.8, 4) is 11.1 Å². The second kappa shape index (κ2) is 5.61. The number of sulfonamides is 1. The maximum Gasteiger partial charge on any atom is 0.266 e. The minimum absolute atomic E-state index is 0.101. The molecule has 22 heavy (non-hydrogen) atoms. The third-order valence-corrected chi connectivity index (χ3v) is 4.41. The molecule has 3 rings (SSSR count). The van der Waals surface area contributed by atoms with Crippen LogP contribution in [0, 0.1) is 0 Å². The highest BCUT2D eigenvalue weighted by atomic mass is 32.2. The number of benzene rings is 1. The first kappa shape index (κ1) is 14.3. The quantitative estimate of drug-likeness (QED) is 0.801. The zero-order chi connectivity index (χ0) is 15.6. The van der Waals surface area contributed by atoms with E-state index in [0.29, 0.717) is 0 Å². The third kappa shape index (κ3) is 2.99. The van der Waals surface area contributed by atoms with Crippen LogP contribution < -0.4 is 4.72 Å². The Labute approximate surface area is 128 Å². The number of nitrogens with one attached hydrogen (secondary N) is 1. The summed E-state index contributed by atoms with van der Waals surface area (Å²) in [6, 6.07) is 13.2. The van der Waals surface area contributed by atoms with E-state index in [-0.39, 0.29) is 10.7 Å². The molecule has 0 aliphatic heterocycles. The number of hydrogen-bond donors (Lipinski definition) is 1. The van der Waals surface area contributed by atoms with Crippen LogP contribution in [0.2, 0.25) is 0 Å². The smallest absolute Gasteiger partial charge is 0.266 e. The average molecular weight is 314 g/mol. The van der Waals surface area contributed by atoms with Crippen molar-refractivity contribution in [3.63, 3.8) is 0 Å². The highest BCUT2D eigenvalue weighted by molar-refractivity contribution is 7.92. The number of rotatable bonds is 4. The van der Waals surface area contributed by atoms with Gasteiger partial charge in [-0.05, 0) is 17.7 Å². The predicted octanol–water partition coefficient (Wildman–Crippen LogP) is 2.28. The van der Waals surface area contributed by atoms with Crippen molar-refractivity contribution < 1.29 is 8.42 Å². The molecule has 0 aliphatic carbocycles. The number of pyridine rings is 1. The van der Waals surface area contributed by atoms with Gasteiger partial charge in [0.05, 0.1) is 6.20 Å². The molecule has 6 nitrogen and oxygen atoms in total. The monoisotopic (exact) mass is 314 g/mol. The van der Waals surface area contributed by atoms with Crippen LogP contribution in [0.5, 0.6) is 0 Å². The van der Waals surface area contributed by atoms with Gasteiger partial charge in [-0.25, -0.2) is 13.4 Å². The summed E-state index contributed by atoms with van der Waals surface area (Å²) < 4.78 is 28.2. The number of aryl methyl sites for hydroxylation is 1. The summed E-state index contributed by atoms with van der Waals surface area (Å²) in [5, 5.41) is 3.86. The van der Waals surface area contributed by atoms with Gasteiger partial charge in [0.25, 0.3) is 10.0 Å². The summed E-state index contributed by atoms with van der Waals surface area (Å²) in [5.41, 5.74) is 1.95. The zero-order valence-electron chi connectivity index (χ0n) is 11.8. The van der Waals surface area contributed by atoms with Crippen molar-refractivity contribution >= 4 is 15.8 Å². The molecule has 0 unspecified atom stereocenters. The molecule has 0 radical (unpaired) electrons. The van der Waals surface area contributed by atoms with Crippen LogP contribution >= 0.6 is 0 Å². The van der Waals surface area contributed by atoms with Gasteiger partial charge in [0.2, 0.25) is 0 Å². The van der Waals surface area contributed by atoms with E-state index in [1.165, 1.54) is 17.1 Å². The van der Waals surface area contributed by atoms with Gasteiger partial charge >= 0.3 is 0 Å². The molecule has 0 atom stereocenters. The maximum absolute atomic E-state index is 12.2. The lowest BCUT2D eigenvalue weighted by Gasteiger charge is -2.06. The Balaban J connectivity index is 1.82. The first-order valence-corrected chi connectivity index (χ1v) is 8.06. The summed E-state index contributed by atoms with van der Waals surface area (Å²) in [6.07, 6.45) is 4.36. The van der Waals surface area contributed by atoms with Crippen molar-refractivity contribution in [1.29, 1.82) is 0 Å². The Kier molecular flexibility index (Phi) is 3.64. The summed E-state index contributed by atoms with van der Waals surface area (Å²) >= 11 is 0. The summed E-state index contributed by atoms with van der Waals surface area (Å²) in [5.74, 6) is 0.267. The van der Waals surface area contributed by atoms with E-state index in [4.69, 9.17) is 0 Å². The molecule has 112 valence electrons. The Bertz CT molecular complexity index is 871. The Morgan fingerprint density at radius 1 is 1.00 bits per heavy atom. The molecule has 1 N–H and O–H groups in total. The molecule has 0 spiro atoms. The number of nitrogens with zero attached hydrogens (tertiary/aromatic N) is 3. The third-order valence-electron chi connectivity index (χ3n) is 3.10. The van der Waals surface area contributed by atoms with Crippen LogP contribution in [0.3, 0.4) is 0 Å². The second-order valence-electron chi connectivity index (χ2n) is 4.75. The van der Waals surface area contributed by atoms with E-state index < -0.39 is 10.0 Å². The molecular formula is C15H14N4O2S. The maximum atomic E-state index is 12.2. The van der Waals surface area contributed by atoms with Gasteiger partial charge in [-0.15, -0.1) is 0 Å². The number of aromatic nitrogens is 3. The molecule has 0 amide bonds. The summed E-state index contributed by atoms with van der Waals surface area (Å²) in [4.78, 5) is 4.26. The van der Waals surface area contributed by atoms with Gasteiger partial charge in [-0.1, -0.05) is 30.3 Å². The first-order chi connectivity index (χ1) is 10.5. The Morgan fingerprint density at radius 2 is 1.77 bits per heavy atom. The number of anilines is 1. The van der Waals surface area contributed by atoms with Crippen LogP contribution in [-0.2, 0) is 17.1 Å². The van der Waals surface area contributed by atoms with Crippen LogP contribution in [0.25, 0.3) is 11.1 Å². The lowest BCUT2D eigenvalue weighted by molar-refractivity contribution is 0.601. The van der Waals surface area contributed by atoms with Gasteiger partial charge in [0.15, 0.2) is 0 Å². The lowest BCUT2D eigenvalue weighted by Crippen LogP contribution is -2.13. The molecule has 2 heterocycles. The SMILES string of the molecule is Cn1cc(S(=O)(=O)Nc2ccc(-c3ccccc3)cn2)cn1. The fraction of sp³-hybridized carbons (Fsp3) is 0.0667. The highest BCUT2D eigenvalue weighted by Crippen LogP contribution is 2.20. The van der Waals surface area contributed by atoms with E-state index in [0.717, 1.165) is 11.1 Å². The van der Waals surface area contributed by atoms with E-state index >= 15 is 0 Å². The molecule has 0 saturated heterocycles. The number of hydrogen-bond acceptors (Lipinski definition) is 4. The fourth-order valence-corrected chi connectivity index (χ4v) is 2.98. The van der Waals surface area contributed by atoms with Gasteiger partial charge in [0, 0.05) is 25.0 Å². The van der Waals surface area contributed by atoms with Gasteiger partial charge in [-0.2, -0.15) is 5.10 Å². The molecule has 1 aromatic carbocycles. The summed E-state index contributed by atoms with van der Waals surface area (Å²) in [7, 11) is -2.01. The molecule has 0 fully saturated rings. The Hall–Kier alpha value is -2.67. The van der Waals surface area contributed by atoms with Gasteiger partial charge < -0.3 is 0 Å². The van der Waals surface area contributed by atoms with Crippen molar-refractivity contribution in [2.45, 2.75) is 4.90 Å². The fourth-order valence-electron chi connectivity index (χ4n) is 1.99. The zero-order valence-corrected chi connectivity index (χ0v) is 12.7. The van der Waals surface area contributed by atoms with Crippen LogP contribution in [0.15, 0.2) is 66.0 Å². The van der Waals surface area contributed by atoms with Gasteiger partial charge in [-0.3, -0.25) is 9.40 Å². The molecule has 0 saturated carbocycles. The predicted molar refractivity (Wildman–Crippen MR) is 83.7 cm³/mol. The molecule has 2 aromatic heterocycles. The molecule has 7 heteroatoms.